The van der Waals surface area contributed by atoms with Gasteiger partial charge in [0.1, 0.15) is 5.78 Å². The van der Waals surface area contributed by atoms with E-state index in [1.165, 1.54) is 0 Å². The van der Waals surface area contributed by atoms with Gasteiger partial charge in [0.25, 0.3) is 0 Å². The fourth-order valence-electron chi connectivity index (χ4n) is 1.59. The molecule has 0 heterocycles. The zero-order chi connectivity index (χ0) is 22.4. The molecule has 0 atom stereocenters. The summed E-state index contributed by atoms with van der Waals surface area (Å²) < 4.78 is 32.0. The molecule has 1 N–H and O–H groups in total. The normalized spacial score (nSPS) is 10.0. The number of rotatable bonds is 21. The molecule has 8 nitrogen and oxygen atoms in total. The molecule has 0 unspecified atom stereocenters. The maximum absolute atomic E-state index is 10.7. The van der Waals surface area contributed by atoms with Gasteiger partial charge in [0.15, 0.2) is 0 Å². The van der Waals surface area contributed by atoms with Crippen LogP contribution in [0.5, 0.6) is 0 Å². The summed E-state index contributed by atoms with van der Waals surface area (Å²) in [6.07, 6.45) is 0.457. The second-order valence-electron chi connectivity index (χ2n) is 5.23. The maximum atomic E-state index is 10.7. The van der Waals surface area contributed by atoms with E-state index >= 15 is 0 Å². The largest absolute Gasteiger partial charge is 0.379 e. The third kappa shape index (κ3) is 38.6. The molecule has 0 aromatic heterocycles. The van der Waals surface area contributed by atoms with Crippen LogP contribution in [0, 0.1) is 0 Å². The standard InChI is InChI=1S/C17H35NO7.2C2H6/c1-17(19)3-5-20-7-9-22-11-13-24-15-16-25-14-12-23-10-8-21-6-4-18-2;2*1-2/h18H,3-16H2,1-2H3;2*1-2H3. The van der Waals surface area contributed by atoms with Crippen molar-refractivity contribution in [2.45, 2.75) is 41.0 Å². The molecule has 178 valence electrons. The predicted octanol–water partition coefficient (Wildman–Crippen LogP) is 2.34. The Morgan fingerprint density at radius 1 is 0.552 bits per heavy atom. The van der Waals surface area contributed by atoms with Crippen molar-refractivity contribution in [2.24, 2.45) is 0 Å². The van der Waals surface area contributed by atoms with E-state index in [9.17, 15) is 4.79 Å². The van der Waals surface area contributed by atoms with E-state index in [0.29, 0.717) is 85.7 Å². The van der Waals surface area contributed by atoms with E-state index in [1.54, 1.807) is 6.92 Å². The van der Waals surface area contributed by atoms with Crippen LogP contribution in [0.2, 0.25) is 0 Å². The molecule has 0 saturated carbocycles. The Bertz CT molecular complexity index is 282. The van der Waals surface area contributed by atoms with Crippen molar-refractivity contribution in [2.75, 3.05) is 92.9 Å². The Morgan fingerprint density at radius 2 is 0.828 bits per heavy atom. The topological polar surface area (TPSA) is 84.5 Å². The van der Waals surface area contributed by atoms with Crippen LogP contribution in [0.1, 0.15) is 41.0 Å². The van der Waals surface area contributed by atoms with Crippen molar-refractivity contribution in [3.63, 3.8) is 0 Å². The van der Waals surface area contributed by atoms with Crippen LogP contribution in [0.15, 0.2) is 0 Å². The van der Waals surface area contributed by atoms with Gasteiger partial charge in [-0.15, -0.1) is 0 Å². The van der Waals surface area contributed by atoms with Gasteiger partial charge in [-0.05, 0) is 14.0 Å². The Morgan fingerprint density at radius 3 is 1.10 bits per heavy atom. The molecule has 29 heavy (non-hydrogen) atoms. The lowest BCUT2D eigenvalue weighted by Crippen LogP contribution is -2.17. The highest BCUT2D eigenvalue weighted by molar-refractivity contribution is 5.75. The number of hydrogen-bond acceptors (Lipinski definition) is 8. The Hall–Kier alpha value is -0.610. The number of carbonyl (C=O) groups excluding carboxylic acids is 1. The lowest BCUT2D eigenvalue weighted by molar-refractivity contribution is -0.118. The first-order chi connectivity index (χ1) is 14.3. The number of likely N-dealkylation sites (N-methyl/N-ethyl adjacent to an activating group) is 1. The van der Waals surface area contributed by atoms with Crippen molar-refractivity contribution >= 4 is 5.78 Å². The van der Waals surface area contributed by atoms with E-state index in [4.69, 9.17) is 28.4 Å². The SMILES string of the molecule is CC.CC.CNCCOCCOCCOCCOCCOCCOCCC(C)=O. The quantitative estimate of drug-likeness (QED) is 0.281. The molecule has 0 amide bonds. The second-order valence-corrected chi connectivity index (χ2v) is 5.23. The van der Waals surface area contributed by atoms with E-state index in [2.05, 4.69) is 5.32 Å². The summed E-state index contributed by atoms with van der Waals surface area (Å²) in [4.78, 5) is 10.7. The molecule has 0 aromatic carbocycles. The summed E-state index contributed by atoms with van der Waals surface area (Å²) in [5.41, 5.74) is 0. The molecular weight excluding hydrogens is 378 g/mol. The number of hydrogen-bond donors (Lipinski definition) is 1. The summed E-state index contributed by atoms with van der Waals surface area (Å²) in [7, 11) is 1.89. The fourth-order valence-corrected chi connectivity index (χ4v) is 1.59. The van der Waals surface area contributed by atoms with Gasteiger partial charge in [-0.3, -0.25) is 4.79 Å². The van der Waals surface area contributed by atoms with E-state index in [-0.39, 0.29) is 5.78 Å². The highest BCUT2D eigenvalue weighted by Gasteiger charge is 1.95. The van der Waals surface area contributed by atoms with Crippen molar-refractivity contribution < 1.29 is 33.2 Å². The first-order valence-electron chi connectivity index (χ1n) is 10.9. The van der Waals surface area contributed by atoms with Crippen LogP contribution >= 0.6 is 0 Å². The molecular formula is C21H47NO7. The van der Waals surface area contributed by atoms with Gasteiger partial charge in [0, 0.05) is 13.0 Å². The van der Waals surface area contributed by atoms with Crippen LogP contribution in [0.25, 0.3) is 0 Å². The maximum Gasteiger partial charge on any atom is 0.132 e. The van der Waals surface area contributed by atoms with Crippen molar-refractivity contribution in [1.29, 1.82) is 0 Å². The van der Waals surface area contributed by atoms with Gasteiger partial charge >= 0.3 is 0 Å². The summed E-state index contributed by atoms with van der Waals surface area (Å²) in [5.74, 6) is 0.136. The molecule has 0 radical (unpaired) electrons. The van der Waals surface area contributed by atoms with Gasteiger partial charge in [0.2, 0.25) is 0 Å². The molecule has 0 spiro atoms. The van der Waals surface area contributed by atoms with Crippen molar-refractivity contribution in [3.8, 4) is 0 Å². The van der Waals surface area contributed by atoms with Crippen molar-refractivity contribution in [3.05, 3.63) is 0 Å². The first kappa shape index (κ1) is 33.0. The Balaban J connectivity index is -0.00000158. The monoisotopic (exact) mass is 425 g/mol. The highest BCUT2D eigenvalue weighted by Crippen LogP contribution is 1.86. The number of carbonyl (C=O) groups is 1. The number of Topliss-reactive ketones (excluding diaryl/α,β-unsaturated/α-hetero) is 1. The average Bonchev–Trinajstić information content (AvgIpc) is 2.75. The third-order valence-corrected chi connectivity index (χ3v) is 2.95. The summed E-state index contributed by atoms with van der Waals surface area (Å²) in [6.45, 7) is 17.0. The lowest BCUT2D eigenvalue weighted by Gasteiger charge is -2.08. The van der Waals surface area contributed by atoms with Crippen molar-refractivity contribution in [1.82, 2.24) is 5.32 Å². The van der Waals surface area contributed by atoms with Crippen LogP contribution < -0.4 is 5.32 Å². The van der Waals surface area contributed by atoms with E-state index < -0.39 is 0 Å². The molecule has 0 aliphatic rings. The minimum Gasteiger partial charge on any atom is -0.379 e. The number of ether oxygens (including phenoxy) is 6. The summed E-state index contributed by atoms with van der Waals surface area (Å²) >= 11 is 0. The smallest absolute Gasteiger partial charge is 0.132 e. The molecule has 0 fully saturated rings. The molecule has 0 rings (SSSR count). The van der Waals surface area contributed by atoms with Crippen LogP contribution in [-0.2, 0) is 33.2 Å². The zero-order valence-electron chi connectivity index (χ0n) is 19.8. The Labute approximate surface area is 178 Å². The van der Waals surface area contributed by atoms with Gasteiger partial charge < -0.3 is 33.7 Å². The molecule has 0 bridgehead atoms. The van der Waals surface area contributed by atoms with Gasteiger partial charge in [0.05, 0.1) is 79.3 Å². The van der Waals surface area contributed by atoms with E-state index in [0.717, 1.165) is 6.54 Å². The summed E-state index contributed by atoms with van der Waals surface area (Å²) in [6, 6.07) is 0. The van der Waals surface area contributed by atoms with Gasteiger partial charge in [-0.2, -0.15) is 0 Å². The Kier molecular flexibility index (Phi) is 39.7. The number of ketones is 1. The highest BCUT2D eigenvalue weighted by atomic mass is 16.6. The molecule has 0 aliphatic carbocycles. The minimum atomic E-state index is 0.136. The molecule has 0 aliphatic heterocycles. The fraction of sp³-hybridized carbons (Fsp3) is 0.952. The molecule has 0 aromatic rings. The van der Waals surface area contributed by atoms with Crippen LogP contribution in [0.3, 0.4) is 0 Å². The lowest BCUT2D eigenvalue weighted by atomic mass is 10.3. The van der Waals surface area contributed by atoms with Gasteiger partial charge in [-0.1, -0.05) is 27.7 Å². The second kappa shape index (κ2) is 34.9. The van der Waals surface area contributed by atoms with E-state index in [1.807, 2.05) is 34.7 Å². The summed E-state index contributed by atoms with van der Waals surface area (Å²) in [5, 5.41) is 3.01. The number of nitrogens with one attached hydrogen (secondary N) is 1. The van der Waals surface area contributed by atoms with Crippen LogP contribution in [0.4, 0.5) is 0 Å². The predicted molar refractivity (Wildman–Crippen MR) is 117 cm³/mol. The average molecular weight is 426 g/mol. The van der Waals surface area contributed by atoms with Crippen LogP contribution in [-0.4, -0.2) is 98.7 Å². The zero-order valence-corrected chi connectivity index (χ0v) is 19.8. The third-order valence-electron chi connectivity index (χ3n) is 2.95. The minimum absolute atomic E-state index is 0.136. The molecule has 0 saturated heterocycles. The van der Waals surface area contributed by atoms with Gasteiger partial charge in [-0.25, -0.2) is 0 Å². The molecule has 8 heteroatoms. The first-order valence-corrected chi connectivity index (χ1v) is 10.9.